The molecular formula is C47H49F3N9O5P. The molecule has 65 heavy (non-hydrogen) atoms. The Balaban J connectivity index is 0.871. The molecule has 0 radical (unpaired) electrons. The van der Waals surface area contributed by atoms with Crippen LogP contribution in [0.25, 0.3) is 16.8 Å². The van der Waals surface area contributed by atoms with Crippen LogP contribution in [0.4, 0.5) is 18.9 Å². The normalized spacial score (nSPS) is 16.4. The van der Waals surface area contributed by atoms with Crippen LogP contribution in [-0.2, 0) is 38.3 Å². The highest BCUT2D eigenvalue weighted by Crippen LogP contribution is 2.48. The molecule has 1 unspecified atom stereocenters. The van der Waals surface area contributed by atoms with Gasteiger partial charge in [0.05, 0.1) is 31.0 Å². The molecule has 7 aromatic rings. The highest BCUT2D eigenvalue weighted by atomic mass is 31.2. The van der Waals surface area contributed by atoms with E-state index in [1.54, 1.807) is 6.92 Å². The monoisotopic (exact) mass is 907 g/mol. The summed E-state index contributed by atoms with van der Waals surface area (Å²) in [6.07, 6.45) is 5.61. The fourth-order valence-electron chi connectivity index (χ4n) is 8.44. The summed E-state index contributed by atoms with van der Waals surface area (Å²) in [7, 11) is -3.44. The first-order valence-corrected chi connectivity index (χ1v) is 23.3. The molecule has 18 heteroatoms. The first kappa shape index (κ1) is 45.3. The Bertz CT molecular complexity index is 2770. The quantitative estimate of drug-likeness (QED) is 0.0873. The van der Waals surface area contributed by atoms with Crippen LogP contribution >= 0.6 is 7.60 Å². The fraction of sp³-hybridized carbons (Fsp3) is 0.319. The zero-order valence-corrected chi connectivity index (χ0v) is 37.0. The maximum atomic E-state index is 16.2. The summed E-state index contributed by atoms with van der Waals surface area (Å²) in [4.78, 5) is 20.0. The van der Waals surface area contributed by atoms with Crippen LogP contribution in [0.2, 0.25) is 0 Å². The number of halogens is 3. The second-order valence-electron chi connectivity index (χ2n) is 16.3. The summed E-state index contributed by atoms with van der Waals surface area (Å²) in [6.45, 7) is 6.09. The molecule has 1 aliphatic rings. The number of aromatic nitrogens is 8. The van der Waals surface area contributed by atoms with Crippen LogP contribution in [0.3, 0.4) is 0 Å². The van der Waals surface area contributed by atoms with E-state index >= 15 is 8.78 Å². The maximum absolute atomic E-state index is 16.2. The van der Waals surface area contributed by atoms with Gasteiger partial charge in [-0.2, -0.15) is 13.9 Å². The third-order valence-corrected chi connectivity index (χ3v) is 13.4. The number of aliphatic hydroxyl groups is 1. The third-order valence-electron chi connectivity index (χ3n) is 12.0. The maximum Gasteiger partial charge on any atom is 0.350 e. The molecule has 0 bridgehead atoms. The summed E-state index contributed by atoms with van der Waals surface area (Å²) in [5.74, 6) is -4.73. The number of pyridine rings is 1. The predicted molar refractivity (Wildman–Crippen MR) is 238 cm³/mol. The van der Waals surface area contributed by atoms with Gasteiger partial charge in [0.1, 0.15) is 24.2 Å². The van der Waals surface area contributed by atoms with Gasteiger partial charge in [-0.1, -0.05) is 85.8 Å². The number of hydrogen-bond acceptors (Lipinski definition) is 11. The Morgan fingerprint density at radius 2 is 1.55 bits per heavy atom. The average Bonchev–Trinajstić information content (AvgIpc) is 3.98. The smallest absolute Gasteiger partial charge is 0.350 e. The number of nitrogens with zero attached hydrogens (tertiary/aromatic N) is 9. The third kappa shape index (κ3) is 9.74. The van der Waals surface area contributed by atoms with Gasteiger partial charge in [-0.15, -0.1) is 5.10 Å². The molecule has 14 nitrogen and oxygen atoms in total. The summed E-state index contributed by atoms with van der Waals surface area (Å²) in [6, 6.07) is 32.2. The number of anilines is 1. The molecule has 4 atom stereocenters. The van der Waals surface area contributed by atoms with Crippen molar-refractivity contribution in [3.8, 4) is 16.8 Å². The van der Waals surface area contributed by atoms with E-state index in [1.165, 1.54) is 52.2 Å². The Morgan fingerprint density at radius 1 is 0.877 bits per heavy atom. The van der Waals surface area contributed by atoms with Crippen molar-refractivity contribution < 1.29 is 31.9 Å². The van der Waals surface area contributed by atoms with Gasteiger partial charge in [0.25, 0.3) is 0 Å². The van der Waals surface area contributed by atoms with E-state index in [1.807, 2.05) is 73.7 Å². The first-order valence-electron chi connectivity index (χ1n) is 21.3. The second kappa shape index (κ2) is 19.1. The van der Waals surface area contributed by atoms with Gasteiger partial charge >= 0.3 is 19.2 Å². The summed E-state index contributed by atoms with van der Waals surface area (Å²) >= 11 is 0. The molecule has 0 saturated carbocycles. The minimum Gasteiger partial charge on any atom is -0.377 e. The molecule has 4 aromatic carbocycles. The SMILES string of the molecule is CC[C@@H]([C@H](C)OP(C)(=O)OCc1ccccc1)n1ncn(-c2ccc(C3CCN(c4ccc(-c5ccc(C(F)(F)[C@](O)(Cn6cnnn6)c6ccccc6F)nc5)cc4)CC3)cc2)c1=O. The van der Waals surface area contributed by atoms with Crippen molar-refractivity contribution in [1.29, 1.82) is 0 Å². The summed E-state index contributed by atoms with van der Waals surface area (Å²) < 4.78 is 75.9. The lowest BCUT2D eigenvalue weighted by Gasteiger charge is -2.35. The largest absolute Gasteiger partial charge is 0.377 e. The van der Waals surface area contributed by atoms with Crippen molar-refractivity contribution >= 4 is 13.3 Å². The number of hydrogen-bond donors (Lipinski definition) is 1. The van der Waals surface area contributed by atoms with E-state index < -0.39 is 54.9 Å². The van der Waals surface area contributed by atoms with Crippen molar-refractivity contribution in [2.45, 2.75) is 75.8 Å². The van der Waals surface area contributed by atoms with E-state index in [0.29, 0.717) is 23.6 Å². The Labute approximate surface area is 373 Å². The van der Waals surface area contributed by atoms with Gasteiger partial charge in [-0.3, -0.25) is 9.55 Å². The number of tetrazole rings is 1. The Kier molecular flexibility index (Phi) is 13.3. The number of piperidine rings is 1. The van der Waals surface area contributed by atoms with E-state index in [4.69, 9.17) is 9.05 Å². The van der Waals surface area contributed by atoms with E-state index in [-0.39, 0.29) is 12.3 Å². The molecule has 1 aliphatic heterocycles. The van der Waals surface area contributed by atoms with Gasteiger partial charge < -0.3 is 19.1 Å². The van der Waals surface area contributed by atoms with Crippen molar-refractivity contribution in [3.63, 3.8) is 0 Å². The molecule has 8 rings (SSSR count). The summed E-state index contributed by atoms with van der Waals surface area (Å²) in [5, 5.41) is 26.5. The van der Waals surface area contributed by atoms with Crippen molar-refractivity contribution in [2.75, 3.05) is 24.7 Å². The molecule has 1 fully saturated rings. The van der Waals surface area contributed by atoms with Gasteiger partial charge in [0.15, 0.2) is 5.60 Å². The lowest BCUT2D eigenvalue weighted by atomic mass is 9.84. The van der Waals surface area contributed by atoms with Gasteiger partial charge in [0, 0.05) is 42.8 Å². The van der Waals surface area contributed by atoms with E-state index in [2.05, 4.69) is 42.6 Å². The van der Waals surface area contributed by atoms with Crippen LogP contribution in [0.5, 0.6) is 0 Å². The van der Waals surface area contributed by atoms with Gasteiger partial charge in [0.2, 0.25) is 0 Å². The first-order chi connectivity index (χ1) is 31.3. The fourth-order valence-corrected chi connectivity index (χ4v) is 9.62. The standard InChI is InChI=1S/C47H49F3N9O5P/c1-4-43(33(2)64-65(3,62)63-29-34-10-6-5-7-11-34)59-45(60)58(32-53-59)40-21-16-35(17-22-40)37-24-26-56(27-25-37)39-19-14-36(15-20-39)38-18-23-44(51-28-38)47(49,50)46(61,30-57-31-52-54-55-57)41-12-8-9-13-42(41)48/h5-23,28,31-33,37,43,61H,4,24-27,29-30H2,1-3H3/t33-,43-,46-,65?/m0/s1. The van der Waals surface area contributed by atoms with E-state index in [9.17, 15) is 18.9 Å². The van der Waals surface area contributed by atoms with Crippen LogP contribution in [0.15, 0.2) is 139 Å². The van der Waals surface area contributed by atoms with Crippen molar-refractivity contribution in [3.05, 3.63) is 173 Å². The van der Waals surface area contributed by atoms with Gasteiger partial charge in [-0.25, -0.2) is 23.1 Å². The Hall–Kier alpha value is -6.26. The molecule has 338 valence electrons. The predicted octanol–water partition coefficient (Wildman–Crippen LogP) is 8.68. The van der Waals surface area contributed by atoms with Gasteiger partial charge in [-0.05, 0) is 95.6 Å². The molecule has 0 spiro atoms. The highest BCUT2D eigenvalue weighted by molar-refractivity contribution is 7.52. The number of rotatable bonds is 17. The second-order valence-corrected chi connectivity index (χ2v) is 18.3. The van der Waals surface area contributed by atoms with E-state index in [0.717, 1.165) is 72.0 Å². The van der Waals surface area contributed by atoms with Crippen molar-refractivity contribution in [2.24, 2.45) is 0 Å². The van der Waals surface area contributed by atoms with Crippen molar-refractivity contribution in [1.82, 2.24) is 39.5 Å². The van der Waals surface area contributed by atoms with Crippen LogP contribution < -0.4 is 10.6 Å². The summed E-state index contributed by atoms with van der Waals surface area (Å²) in [5.41, 5.74) is 0.370. The molecule has 4 heterocycles. The zero-order chi connectivity index (χ0) is 45.8. The minimum absolute atomic E-state index is 0.145. The Morgan fingerprint density at radius 3 is 2.20 bits per heavy atom. The topological polar surface area (TPSA) is 155 Å². The number of benzene rings is 4. The lowest BCUT2D eigenvalue weighted by molar-refractivity contribution is -0.207. The zero-order valence-electron chi connectivity index (χ0n) is 36.1. The lowest BCUT2D eigenvalue weighted by Crippen LogP contribution is -2.48. The molecule has 1 N–H and O–H groups in total. The molecule has 3 aromatic heterocycles. The molecule has 0 aliphatic carbocycles. The highest BCUT2D eigenvalue weighted by Gasteiger charge is 2.58. The van der Waals surface area contributed by atoms with Crippen LogP contribution in [0.1, 0.15) is 67.5 Å². The van der Waals surface area contributed by atoms with Crippen LogP contribution in [-0.4, -0.2) is 70.5 Å². The minimum atomic E-state index is -4.04. The number of alkyl halides is 2. The average molecular weight is 908 g/mol. The van der Waals surface area contributed by atoms with Crippen LogP contribution in [0, 0.1) is 5.82 Å². The molecular weight excluding hydrogens is 859 g/mol. The molecule has 1 saturated heterocycles. The molecule has 0 amide bonds.